The fourth-order valence-corrected chi connectivity index (χ4v) is 3.06. The molecule has 0 bridgehead atoms. The number of hydrogen-bond acceptors (Lipinski definition) is 3. The summed E-state index contributed by atoms with van der Waals surface area (Å²) < 4.78 is 2.03. The van der Waals surface area contributed by atoms with Gasteiger partial charge in [0, 0.05) is 52.0 Å². The molecule has 0 unspecified atom stereocenters. The molecule has 130 valence electrons. The summed E-state index contributed by atoms with van der Waals surface area (Å²) >= 11 is 0. The summed E-state index contributed by atoms with van der Waals surface area (Å²) in [6, 6.07) is 10.4. The van der Waals surface area contributed by atoms with Crippen LogP contribution < -0.4 is 4.90 Å². The second kappa shape index (κ2) is 8.73. The van der Waals surface area contributed by atoms with E-state index in [1.807, 2.05) is 47.1 Å². The summed E-state index contributed by atoms with van der Waals surface area (Å²) in [7, 11) is 2.00. The zero-order valence-electron chi connectivity index (χ0n) is 14.1. The highest BCUT2D eigenvalue weighted by Gasteiger charge is 2.22. The van der Waals surface area contributed by atoms with Gasteiger partial charge in [0.1, 0.15) is 0 Å². The Hall–Kier alpha value is -2.01. The first-order valence-corrected chi connectivity index (χ1v) is 8.28. The molecule has 0 radical (unpaired) electrons. The van der Waals surface area contributed by atoms with E-state index in [1.165, 1.54) is 5.56 Å². The van der Waals surface area contributed by atoms with Crippen molar-refractivity contribution < 1.29 is 4.79 Å². The number of halogens is 1. The van der Waals surface area contributed by atoms with E-state index in [0.717, 1.165) is 45.0 Å². The minimum absolute atomic E-state index is 0. The minimum atomic E-state index is 0. The molecule has 1 aliphatic rings. The summed E-state index contributed by atoms with van der Waals surface area (Å²) in [6.07, 6.45) is 6.30. The third-order valence-electron chi connectivity index (χ3n) is 4.41. The van der Waals surface area contributed by atoms with Crippen LogP contribution in [0.1, 0.15) is 18.4 Å². The number of hydrogen-bond donors (Lipinski definition) is 0. The molecular formula is C18H25ClN4O. The van der Waals surface area contributed by atoms with E-state index >= 15 is 0 Å². The molecule has 5 nitrogen and oxygen atoms in total. The molecule has 1 saturated heterocycles. The Balaban J connectivity index is 0.00000208. The number of benzene rings is 1. The SMILES string of the molecule is Cl.Cn1ccnc1N1CCN(C(=O)CCCc2ccccc2)CC1. The van der Waals surface area contributed by atoms with Gasteiger partial charge in [-0.2, -0.15) is 0 Å². The molecule has 1 aliphatic heterocycles. The highest BCUT2D eigenvalue weighted by atomic mass is 35.5. The Morgan fingerprint density at radius 1 is 1.12 bits per heavy atom. The molecule has 24 heavy (non-hydrogen) atoms. The summed E-state index contributed by atoms with van der Waals surface area (Å²) in [5, 5.41) is 0. The Bertz CT molecular complexity index is 635. The van der Waals surface area contributed by atoms with Crippen molar-refractivity contribution >= 4 is 24.3 Å². The van der Waals surface area contributed by atoms with Crippen LogP contribution in [0.4, 0.5) is 5.95 Å². The number of anilines is 1. The summed E-state index contributed by atoms with van der Waals surface area (Å²) in [5.74, 6) is 1.27. The van der Waals surface area contributed by atoms with Crippen LogP contribution >= 0.6 is 12.4 Å². The number of aryl methyl sites for hydroxylation is 2. The third kappa shape index (κ3) is 4.51. The van der Waals surface area contributed by atoms with Crippen molar-refractivity contribution in [1.82, 2.24) is 14.5 Å². The van der Waals surface area contributed by atoms with Gasteiger partial charge in [-0.25, -0.2) is 4.98 Å². The van der Waals surface area contributed by atoms with Crippen LogP contribution in [0.15, 0.2) is 42.7 Å². The Morgan fingerprint density at radius 2 is 1.83 bits per heavy atom. The lowest BCUT2D eigenvalue weighted by Crippen LogP contribution is -2.49. The van der Waals surface area contributed by atoms with Gasteiger partial charge in [-0.1, -0.05) is 30.3 Å². The summed E-state index contributed by atoms with van der Waals surface area (Å²) in [5.41, 5.74) is 1.31. The van der Waals surface area contributed by atoms with E-state index < -0.39 is 0 Å². The van der Waals surface area contributed by atoms with Gasteiger partial charge in [-0.15, -0.1) is 12.4 Å². The number of carbonyl (C=O) groups excluding carboxylic acids is 1. The second-order valence-corrected chi connectivity index (χ2v) is 6.05. The van der Waals surface area contributed by atoms with Gasteiger partial charge in [-0.05, 0) is 18.4 Å². The zero-order chi connectivity index (χ0) is 16.1. The smallest absolute Gasteiger partial charge is 0.222 e. The molecule has 1 aromatic carbocycles. The van der Waals surface area contributed by atoms with E-state index in [4.69, 9.17) is 0 Å². The van der Waals surface area contributed by atoms with Gasteiger partial charge in [0.05, 0.1) is 0 Å². The first-order chi connectivity index (χ1) is 11.2. The van der Waals surface area contributed by atoms with E-state index in [2.05, 4.69) is 22.0 Å². The van der Waals surface area contributed by atoms with E-state index in [-0.39, 0.29) is 18.3 Å². The van der Waals surface area contributed by atoms with E-state index in [1.54, 1.807) is 0 Å². The molecule has 1 aromatic heterocycles. The van der Waals surface area contributed by atoms with Gasteiger partial charge in [0.2, 0.25) is 11.9 Å². The molecule has 0 atom stereocenters. The first-order valence-electron chi connectivity index (χ1n) is 8.28. The molecule has 3 rings (SSSR count). The third-order valence-corrected chi connectivity index (χ3v) is 4.41. The summed E-state index contributed by atoms with van der Waals surface area (Å²) in [6.45, 7) is 3.29. The van der Waals surface area contributed by atoms with Gasteiger partial charge >= 0.3 is 0 Å². The molecule has 0 spiro atoms. The molecule has 0 saturated carbocycles. The van der Waals surface area contributed by atoms with Crippen molar-refractivity contribution in [3.8, 4) is 0 Å². The molecule has 6 heteroatoms. The molecular weight excluding hydrogens is 324 g/mol. The average Bonchev–Trinajstić information content (AvgIpc) is 3.02. The maximum atomic E-state index is 12.3. The quantitative estimate of drug-likeness (QED) is 0.833. The van der Waals surface area contributed by atoms with Gasteiger partial charge < -0.3 is 14.4 Å². The predicted molar refractivity (Wildman–Crippen MR) is 98.6 cm³/mol. The normalized spacial score (nSPS) is 14.4. The van der Waals surface area contributed by atoms with Crippen molar-refractivity contribution in [2.45, 2.75) is 19.3 Å². The van der Waals surface area contributed by atoms with Crippen LogP contribution in [0.25, 0.3) is 0 Å². The van der Waals surface area contributed by atoms with Crippen molar-refractivity contribution in [3.63, 3.8) is 0 Å². The number of carbonyl (C=O) groups is 1. The van der Waals surface area contributed by atoms with Crippen molar-refractivity contribution in [1.29, 1.82) is 0 Å². The predicted octanol–water partition coefficient (Wildman–Crippen LogP) is 2.51. The van der Waals surface area contributed by atoms with E-state index in [0.29, 0.717) is 6.42 Å². The van der Waals surface area contributed by atoms with Crippen LogP contribution in [-0.4, -0.2) is 46.5 Å². The van der Waals surface area contributed by atoms with Crippen LogP contribution in [0, 0.1) is 0 Å². The Labute approximate surface area is 149 Å². The lowest BCUT2D eigenvalue weighted by Gasteiger charge is -2.35. The Morgan fingerprint density at radius 3 is 2.46 bits per heavy atom. The number of piperazine rings is 1. The number of amides is 1. The van der Waals surface area contributed by atoms with Crippen LogP contribution in [0.3, 0.4) is 0 Å². The largest absolute Gasteiger partial charge is 0.339 e. The van der Waals surface area contributed by atoms with Gasteiger partial charge in [0.15, 0.2) is 0 Å². The fourth-order valence-electron chi connectivity index (χ4n) is 3.06. The van der Waals surface area contributed by atoms with Crippen molar-refractivity contribution in [2.24, 2.45) is 7.05 Å². The highest BCUT2D eigenvalue weighted by molar-refractivity contribution is 5.85. The van der Waals surface area contributed by atoms with Crippen LogP contribution in [-0.2, 0) is 18.3 Å². The zero-order valence-corrected chi connectivity index (χ0v) is 14.9. The fraction of sp³-hybridized carbons (Fsp3) is 0.444. The maximum Gasteiger partial charge on any atom is 0.222 e. The maximum absolute atomic E-state index is 12.3. The topological polar surface area (TPSA) is 41.4 Å². The lowest BCUT2D eigenvalue weighted by molar-refractivity contribution is -0.131. The van der Waals surface area contributed by atoms with Gasteiger partial charge in [0.25, 0.3) is 0 Å². The van der Waals surface area contributed by atoms with E-state index in [9.17, 15) is 4.79 Å². The summed E-state index contributed by atoms with van der Waals surface area (Å²) in [4.78, 5) is 20.9. The average molecular weight is 349 g/mol. The number of rotatable bonds is 5. The number of nitrogens with zero attached hydrogens (tertiary/aromatic N) is 4. The minimum Gasteiger partial charge on any atom is -0.339 e. The molecule has 2 aromatic rings. The second-order valence-electron chi connectivity index (χ2n) is 6.05. The van der Waals surface area contributed by atoms with Crippen LogP contribution in [0.2, 0.25) is 0 Å². The first kappa shape index (κ1) is 18.3. The molecule has 0 N–H and O–H groups in total. The lowest BCUT2D eigenvalue weighted by atomic mass is 10.1. The number of imidazole rings is 1. The Kier molecular flexibility index (Phi) is 6.67. The standard InChI is InChI=1S/C18H24N4O.ClH/c1-20-11-10-19-18(20)22-14-12-21(13-15-22)17(23)9-5-8-16-6-3-2-4-7-16;/h2-4,6-7,10-11H,5,8-9,12-15H2,1H3;1H. The monoisotopic (exact) mass is 348 g/mol. The number of aromatic nitrogens is 2. The van der Waals surface area contributed by atoms with Crippen LogP contribution in [0.5, 0.6) is 0 Å². The molecule has 0 aliphatic carbocycles. The van der Waals surface area contributed by atoms with Crippen molar-refractivity contribution in [2.75, 3.05) is 31.1 Å². The molecule has 2 heterocycles. The van der Waals surface area contributed by atoms with Crippen molar-refractivity contribution in [3.05, 3.63) is 48.3 Å². The highest BCUT2D eigenvalue weighted by Crippen LogP contribution is 2.14. The molecule has 1 fully saturated rings. The van der Waals surface area contributed by atoms with Gasteiger partial charge in [-0.3, -0.25) is 4.79 Å². The molecule has 1 amide bonds.